The number of carbonyl (C=O) groups is 2. The normalized spacial score (nSPS) is 13.8. The summed E-state index contributed by atoms with van der Waals surface area (Å²) in [7, 11) is 0. The van der Waals surface area contributed by atoms with Gasteiger partial charge in [-0.1, -0.05) is 30.3 Å². The van der Waals surface area contributed by atoms with E-state index >= 15 is 0 Å². The van der Waals surface area contributed by atoms with E-state index in [4.69, 9.17) is 10.2 Å². The molecule has 1 aromatic carbocycles. The quantitative estimate of drug-likeness (QED) is 0.664. The third-order valence-corrected chi connectivity index (χ3v) is 3.26. The van der Waals surface area contributed by atoms with E-state index < -0.39 is 17.9 Å². The molecule has 1 rings (SSSR count). The van der Waals surface area contributed by atoms with E-state index in [0.29, 0.717) is 6.42 Å². The maximum atomic E-state index is 11.1. The molecule has 0 amide bonds. The fraction of sp³-hybridized carbons (Fsp3) is 0.385. The molecule has 0 radical (unpaired) electrons. The van der Waals surface area contributed by atoms with Crippen molar-refractivity contribution in [1.82, 2.24) is 0 Å². The van der Waals surface area contributed by atoms with Crippen molar-refractivity contribution in [2.75, 3.05) is 0 Å². The van der Waals surface area contributed by atoms with Crippen molar-refractivity contribution in [2.45, 2.75) is 24.5 Å². The summed E-state index contributed by atoms with van der Waals surface area (Å²) >= 11 is 4.39. The maximum Gasteiger partial charge on any atom is 0.306 e. The first-order valence-electron chi connectivity index (χ1n) is 5.68. The van der Waals surface area contributed by atoms with Crippen molar-refractivity contribution in [3.63, 3.8) is 0 Å². The van der Waals surface area contributed by atoms with E-state index in [0.717, 1.165) is 5.56 Å². The number of rotatable bonds is 7. The Morgan fingerprint density at radius 2 is 1.78 bits per heavy atom. The van der Waals surface area contributed by atoms with Gasteiger partial charge in [-0.3, -0.25) is 9.59 Å². The van der Waals surface area contributed by atoms with Gasteiger partial charge in [0.05, 0.1) is 5.92 Å². The van der Waals surface area contributed by atoms with E-state index in [1.165, 1.54) is 0 Å². The van der Waals surface area contributed by atoms with Crippen LogP contribution in [0.25, 0.3) is 0 Å². The molecule has 2 unspecified atom stereocenters. The Balaban J connectivity index is 2.60. The van der Waals surface area contributed by atoms with Crippen LogP contribution in [0.4, 0.5) is 0 Å². The number of hydrogen-bond acceptors (Lipinski definition) is 3. The molecule has 2 atom stereocenters. The lowest BCUT2D eigenvalue weighted by Crippen LogP contribution is -2.17. The highest BCUT2D eigenvalue weighted by Gasteiger charge is 2.22. The molecule has 0 saturated carbocycles. The monoisotopic (exact) mass is 268 g/mol. The molecule has 0 fully saturated rings. The van der Waals surface area contributed by atoms with Gasteiger partial charge in [0.25, 0.3) is 0 Å². The van der Waals surface area contributed by atoms with Gasteiger partial charge >= 0.3 is 11.9 Å². The predicted octanol–water partition coefficient (Wildman–Crippen LogP) is 2.61. The lowest BCUT2D eigenvalue weighted by Gasteiger charge is -2.16. The number of benzene rings is 1. The van der Waals surface area contributed by atoms with Crippen molar-refractivity contribution in [1.29, 1.82) is 0 Å². The summed E-state index contributed by atoms with van der Waals surface area (Å²) in [5.41, 5.74) is 0.947. The topological polar surface area (TPSA) is 74.6 Å². The van der Waals surface area contributed by atoms with Crippen molar-refractivity contribution < 1.29 is 19.8 Å². The van der Waals surface area contributed by atoms with Crippen LogP contribution in [0.2, 0.25) is 0 Å². The number of carboxylic acids is 2. The van der Waals surface area contributed by atoms with Crippen LogP contribution in [0.15, 0.2) is 30.3 Å². The van der Waals surface area contributed by atoms with Crippen molar-refractivity contribution in [3.05, 3.63) is 35.9 Å². The number of carboxylic acid groups (broad SMARTS) is 2. The Bertz CT molecular complexity index is 405. The van der Waals surface area contributed by atoms with Gasteiger partial charge in [0.1, 0.15) is 0 Å². The molecule has 4 nitrogen and oxygen atoms in total. The largest absolute Gasteiger partial charge is 0.481 e. The second-order valence-corrected chi connectivity index (χ2v) is 4.75. The first-order valence-corrected chi connectivity index (χ1v) is 6.20. The second kappa shape index (κ2) is 7.06. The smallest absolute Gasteiger partial charge is 0.306 e. The molecule has 0 aliphatic carbocycles. The molecular formula is C13H16O4S. The van der Waals surface area contributed by atoms with Crippen LogP contribution in [-0.2, 0) is 9.59 Å². The average Bonchev–Trinajstić information content (AvgIpc) is 2.34. The van der Waals surface area contributed by atoms with E-state index in [-0.39, 0.29) is 18.1 Å². The van der Waals surface area contributed by atoms with Gasteiger partial charge in [0.15, 0.2) is 0 Å². The van der Waals surface area contributed by atoms with E-state index in [1.807, 2.05) is 30.3 Å². The molecule has 0 bridgehead atoms. The fourth-order valence-corrected chi connectivity index (χ4v) is 2.15. The molecule has 98 valence electrons. The lowest BCUT2D eigenvalue weighted by atomic mass is 9.95. The molecule has 0 saturated heterocycles. The molecule has 0 spiro atoms. The third kappa shape index (κ3) is 4.79. The van der Waals surface area contributed by atoms with Crippen LogP contribution in [0.1, 0.15) is 30.1 Å². The molecule has 5 heteroatoms. The summed E-state index contributed by atoms with van der Waals surface area (Å²) in [4.78, 5) is 21.5. The zero-order valence-corrected chi connectivity index (χ0v) is 10.7. The summed E-state index contributed by atoms with van der Waals surface area (Å²) in [5, 5.41) is 17.4. The minimum atomic E-state index is -0.975. The highest BCUT2D eigenvalue weighted by Crippen LogP contribution is 2.29. The van der Waals surface area contributed by atoms with Gasteiger partial charge in [0.2, 0.25) is 0 Å². The van der Waals surface area contributed by atoms with Crippen LogP contribution in [0.3, 0.4) is 0 Å². The van der Waals surface area contributed by atoms with Crippen LogP contribution >= 0.6 is 12.6 Å². The molecule has 0 aromatic heterocycles. The van der Waals surface area contributed by atoms with E-state index in [9.17, 15) is 9.59 Å². The second-order valence-electron chi connectivity index (χ2n) is 4.13. The van der Waals surface area contributed by atoms with Crippen molar-refractivity contribution in [3.8, 4) is 0 Å². The zero-order chi connectivity index (χ0) is 13.5. The first-order chi connectivity index (χ1) is 8.50. The van der Waals surface area contributed by atoms with Crippen LogP contribution < -0.4 is 0 Å². The molecule has 0 aliphatic heterocycles. The molecule has 0 aliphatic rings. The molecule has 18 heavy (non-hydrogen) atoms. The summed E-state index contributed by atoms with van der Waals surface area (Å²) in [6, 6.07) is 9.38. The SMILES string of the molecule is O=C(O)CCC(CC(S)c1ccccc1)C(=O)O. The Morgan fingerprint density at radius 1 is 1.17 bits per heavy atom. The summed E-state index contributed by atoms with van der Waals surface area (Å²) in [6.45, 7) is 0. The van der Waals surface area contributed by atoms with Crippen molar-refractivity contribution in [2.24, 2.45) is 5.92 Å². The van der Waals surface area contributed by atoms with Gasteiger partial charge in [-0.15, -0.1) is 0 Å². The first kappa shape index (κ1) is 14.6. The fourth-order valence-electron chi connectivity index (χ4n) is 1.72. The van der Waals surface area contributed by atoms with Gasteiger partial charge in [0, 0.05) is 11.7 Å². The Morgan fingerprint density at radius 3 is 2.28 bits per heavy atom. The van der Waals surface area contributed by atoms with Gasteiger partial charge < -0.3 is 10.2 Å². The molecule has 2 N–H and O–H groups in total. The number of aliphatic carboxylic acids is 2. The predicted molar refractivity (Wildman–Crippen MR) is 70.8 cm³/mol. The third-order valence-electron chi connectivity index (χ3n) is 2.75. The highest BCUT2D eigenvalue weighted by atomic mass is 32.1. The van der Waals surface area contributed by atoms with Gasteiger partial charge in [-0.2, -0.15) is 12.6 Å². The maximum absolute atomic E-state index is 11.1. The molecule has 0 heterocycles. The summed E-state index contributed by atoms with van der Waals surface area (Å²) < 4.78 is 0. The number of thiol groups is 1. The van der Waals surface area contributed by atoms with E-state index in [2.05, 4.69) is 12.6 Å². The van der Waals surface area contributed by atoms with E-state index in [1.54, 1.807) is 0 Å². The number of hydrogen-bond donors (Lipinski definition) is 3. The molecular weight excluding hydrogens is 252 g/mol. The minimum Gasteiger partial charge on any atom is -0.481 e. The Labute approximate surface area is 111 Å². The standard InChI is InChI=1S/C13H16O4S/c14-12(15)7-6-10(13(16)17)8-11(18)9-4-2-1-3-5-9/h1-5,10-11,18H,6-8H2,(H,14,15)(H,16,17). The highest BCUT2D eigenvalue weighted by molar-refractivity contribution is 7.80. The van der Waals surface area contributed by atoms with Gasteiger partial charge in [-0.05, 0) is 18.4 Å². The summed E-state index contributed by atoms with van der Waals surface area (Å²) in [6.07, 6.45) is 0.330. The lowest BCUT2D eigenvalue weighted by molar-refractivity contribution is -0.143. The zero-order valence-electron chi connectivity index (χ0n) is 9.82. The van der Waals surface area contributed by atoms with Gasteiger partial charge in [-0.25, -0.2) is 0 Å². The minimum absolute atomic E-state index is 0.133. The van der Waals surface area contributed by atoms with Crippen LogP contribution in [-0.4, -0.2) is 22.2 Å². The molecule has 1 aromatic rings. The average molecular weight is 268 g/mol. The van der Waals surface area contributed by atoms with Crippen LogP contribution in [0, 0.1) is 5.92 Å². The Kier molecular flexibility index (Phi) is 5.71. The summed E-state index contributed by atoms with van der Waals surface area (Å²) in [5.74, 6) is -2.62. The van der Waals surface area contributed by atoms with Crippen molar-refractivity contribution >= 4 is 24.6 Å². The van der Waals surface area contributed by atoms with Crippen LogP contribution in [0.5, 0.6) is 0 Å². The Hall–Kier alpha value is -1.49.